The van der Waals surface area contributed by atoms with Crippen LogP contribution >= 0.6 is 23.6 Å². The van der Waals surface area contributed by atoms with E-state index in [9.17, 15) is 19.5 Å². The molecule has 1 N–H and O–H groups in total. The molecule has 32 heavy (non-hydrogen) atoms. The first-order valence-electron chi connectivity index (χ1n) is 10.2. The van der Waals surface area contributed by atoms with Gasteiger partial charge in [-0.2, -0.15) is 0 Å². The van der Waals surface area contributed by atoms with E-state index in [4.69, 9.17) is 21.7 Å². The lowest BCUT2D eigenvalue weighted by Gasteiger charge is -2.44. The SMILES string of the molecule is C[C@@H](O)C1C(=O)N2C(C(=O)OCOC(=O)C(C)(C)C)=C(c3csc(C(=S)N(C)C)c3)CC12. The van der Waals surface area contributed by atoms with E-state index < -0.39 is 36.2 Å². The van der Waals surface area contributed by atoms with Crippen molar-refractivity contribution >= 4 is 52.0 Å². The second-order valence-electron chi connectivity index (χ2n) is 9.20. The van der Waals surface area contributed by atoms with Gasteiger partial charge in [0.05, 0.1) is 28.4 Å². The van der Waals surface area contributed by atoms with Gasteiger partial charge in [0, 0.05) is 14.1 Å². The molecule has 1 amide bonds. The summed E-state index contributed by atoms with van der Waals surface area (Å²) in [6.07, 6.45) is -0.411. The fourth-order valence-corrected chi connectivity index (χ4v) is 4.91. The second-order valence-corrected chi connectivity index (χ2v) is 10.5. The largest absolute Gasteiger partial charge is 0.427 e. The molecule has 1 aromatic heterocycles. The molecule has 2 unspecified atom stereocenters. The first-order chi connectivity index (χ1) is 14.8. The third kappa shape index (κ3) is 4.44. The van der Waals surface area contributed by atoms with Gasteiger partial charge in [0.1, 0.15) is 10.7 Å². The lowest BCUT2D eigenvalue weighted by molar-refractivity contribution is -0.175. The lowest BCUT2D eigenvalue weighted by Crippen LogP contribution is -2.61. The minimum atomic E-state index is -0.826. The molecule has 2 aliphatic heterocycles. The Morgan fingerprint density at radius 2 is 2.00 bits per heavy atom. The van der Waals surface area contributed by atoms with Crippen molar-refractivity contribution in [2.75, 3.05) is 20.9 Å². The Morgan fingerprint density at radius 1 is 1.34 bits per heavy atom. The number of aliphatic hydroxyl groups excluding tert-OH is 1. The van der Waals surface area contributed by atoms with E-state index in [1.165, 1.54) is 16.2 Å². The average molecular weight is 481 g/mol. The number of aliphatic hydroxyl groups is 1. The maximum Gasteiger partial charge on any atom is 0.358 e. The number of fused-ring (bicyclic) bond motifs is 1. The molecule has 8 nitrogen and oxygen atoms in total. The Bertz CT molecular complexity index is 989. The number of thiophene rings is 1. The smallest absolute Gasteiger partial charge is 0.358 e. The van der Waals surface area contributed by atoms with Crippen LogP contribution in [0.1, 0.15) is 44.6 Å². The van der Waals surface area contributed by atoms with Gasteiger partial charge in [-0.15, -0.1) is 11.3 Å². The van der Waals surface area contributed by atoms with Gasteiger partial charge >= 0.3 is 11.9 Å². The number of hydrogen-bond donors (Lipinski definition) is 1. The summed E-state index contributed by atoms with van der Waals surface area (Å²) in [4.78, 5) is 42.4. The molecule has 0 saturated carbocycles. The number of nitrogens with zero attached hydrogens (tertiary/aromatic N) is 2. The average Bonchev–Trinajstić information content (AvgIpc) is 3.28. The highest BCUT2D eigenvalue weighted by Crippen LogP contribution is 2.47. The molecule has 2 aliphatic rings. The van der Waals surface area contributed by atoms with Crippen molar-refractivity contribution < 1.29 is 29.0 Å². The van der Waals surface area contributed by atoms with Crippen LogP contribution in [-0.4, -0.2) is 70.8 Å². The van der Waals surface area contributed by atoms with Crippen molar-refractivity contribution in [3.63, 3.8) is 0 Å². The maximum atomic E-state index is 13.0. The van der Waals surface area contributed by atoms with E-state index in [-0.39, 0.29) is 17.6 Å². The molecule has 0 aromatic carbocycles. The van der Waals surface area contributed by atoms with Gasteiger partial charge in [0.15, 0.2) is 0 Å². The Balaban J connectivity index is 1.87. The minimum Gasteiger partial charge on any atom is -0.427 e. The molecular weight excluding hydrogens is 452 g/mol. The normalized spacial score (nSPS) is 21.1. The van der Waals surface area contributed by atoms with Crippen LogP contribution in [0.5, 0.6) is 0 Å². The van der Waals surface area contributed by atoms with Gasteiger partial charge in [-0.05, 0) is 56.7 Å². The molecule has 0 radical (unpaired) electrons. The molecule has 0 bridgehead atoms. The van der Waals surface area contributed by atoms with Gasteiger partial charge in [-0.1, -0.05) is 12.2 Å². The zero-order chi connectivity index (χ0) is 24.0. The zero-order valence-corrected chi connectivity index (χ0v) is 20.6. The van der Waals surface area contributed by atoms with Crippen LogP contribution < -0.4 is 0 Å². The Morgan fingerprint density at radius 3 is 2.56 bits per heavy atom. The maximum absolute atomic E-state index is 13.0. The Kier molecular flexibility index (Phi) is 6.78. The van der Waals surface area contributed by atoms with Crippen molar-refractivity contribution in [2.45, 2.75) is 46.3 Å². The number of hydrogen-bond acceptors (Lipinski definition) is 8. The van der Waals surface area contributed by atoms with Gasteiger partial charge in [0.25, 0.3) is 0 Å². The molecule has 1 fully saturated rings. The fourth-order valence-electron chi connectivity index (χ4n) is 3.76. The summed E-state index contributed by atoms with van der Waals surface area (Å²) in [6.45, 7) is 6.11. The standard InChI is InChI=1S/C22H28N2O6S2/c1-11(25)16-14-8-13(12-7-15(32-9-12)19(31)23(5)6)17(24(14)18(16)26)20(27)29-10-30-21(28)22(2,3)4/h7,9,11,14,16,25H,8,10H2,1-6H3/t11-,14?,16?/m1/s1. The molecule has 3 rings (SSSR count). The van der Waals surface area contributed by atoms with E-state index >= 15 is 0 Å². The monoisotopic (exact) mass is 480 g/mol. The Hall–Kier alpha value is -2.30. The molecule has 0 aliphatic carbocycles. The van der Waals surface area contributed by atoms with Crippen molar-refractivity contribution in [3.8, 4) is 0 Å². The minimum absolute atomic E-state index is 0.129. The van der Waals surface area contributed by atoms with Crippen molar-refractivity contribution in [2.24, 2.45) is 11.3 Å². The number of thiocarbonyl (C=S) groups is 1. The van der Waals surface area contributed by atoms with Crippen molar-refractivity contribution in [3.05, 3.63) is 27.6 Å². The predicted octanol–water partition coefficient (Wildman–Crippen LogP) is 2.40. The van der Waals surface area contributed by atoms with Crippen LogP contribution in [-0.2, 0) is 23.9 Å². The third-order valence-corrected chi connectivity index (χ3v) is 7.13. The summed E-state index contributed by atoms with van der Waals surface area (Å²) < 4.78 is 10.2. The summed E-state index contributed by atoms with van der Waals surface area (Å²) in [5.41, 5.74) is 0.830. The highest BCUT2D eigenvalue weighted by molar-refractivity contribution is 7.81. The highest BCUT2D eigenvalue weighted by Gasteiger charge is 2.57. The number of carbonyl (C=O) groups excluding carboxylic acids is 3. The number of esters is 2. The van der Waals surface area contributed by atoms with E-state index in [1.807, 2.05) is 30.4 Å². The molecule has 3 heterocycles. The number of amides is 1. The second kappa shape index (κ2) is 8.92. The van der Waals surface area contributed by atoms with E-state index in [0.29, 0.717) is 17.0 Å². The summed E-state index contributed by atoms with van der Waals surface area (Å²) in [5.74, 6) is -2.14. The molecule has 1 aromatic rings. The summed E-state index contributed by atoms with van der Waals surface area (Å²) in [7, 11) is 3.71. The summed E-state index contributed by atoms with van der Waals surface area (Å²) >= 11 is 6.89. The number of ether oxygens (including phenoxy) is 2. The molecule has 10 heteroatoms. The number of carbonyl (C=O) groups is 3. The van der Waals surface area contributed by atoms with E-state index in [1.54, 1.807) is 27.7 Å². The van der Waals surface area contributed by atoms with Gasteiger partial charge < -0.3 is 24.4 Å². The molecule has 174 valence electrons. The summed E-state index contributed by atoms with van der Waals surface area (Å²) in [6, 6.07) is 1.57. The number of rotatable bonds is 6. The molecule has 0 spiro atoms. The van der Waals surface area contributed by atoms with Crippen LogP contribution in [0.4, 0.5) is 0 Å². The highest BCUT2D eigenvalue weighted by atomic mass is 32.1. The zero-order valence-electron chi connectivity index (χ0n) is 19.0. The van der Waals surface area contributed by atoms with Gasteiger partial charge in [-0.25, -0.2) is 4.79 Å². The van der Waals surface area contributed by atoms with Crippen LogP contribution in [0.25, 0.3) is 5.57 Å². The van der Waals surface area contributed by atoms with E-state index in [0.717, 1.165) is 10.4 Å². The topological polar surface area (TPSA) is 96.4 Å². The quantitative estimate of drug-likeness (QED) is 0.287. The predicted molar refractivity (Wildman–Crippen MR) is 124 cm³/mol. The van der Waals surface area contributed by atoms with Crippen LogP contribution in [0.2, 0.25) is 0 Å². The fraction of sp³-hybridized carbons (Fsp3) is 0.545. The van der Waals surface area contributed by atoms with Crippen LogP contribution in [0.3, 0.4) is 0 Å². The first-order valence-corrected chi connectivity index (χ1v) is 11.5. The van der Waals surface area contributed by atoms with Gasteiger partial charge in [-0.3, -0.25) is 9.59 Å². The summed E-state index contributed by atoms with van der Waals surface area (Å²) in [5, 5.41) is 11.9. The molecule has 3 atom stereocenters. The number of β-lactam (4-membered cyclic amide) rings is 1. The van der Waals surface area contributed by atoms with Crippen LogP contribution in [0, 0.1) is 11.3 Å². The molecule has 1 saturated heterocycles. The van der Waals surface area contributed by atoms with Gasteiger partial charge in [0.2, 0.25) is 12.7 Å². The van der Waals surface area contributed by atoms with E-state index in [2.05, 4.69) is 0 Å². The van der Waals surface area contributed by atoms with Crippen LogP contribution in [0.15, 0.2) is 17.1 Å². The first kappa shape index (κ1) is 24.3. The lowest BCUT2D eigenvalue weighted by atomic mass is 9.82. The van der Waals surface area contributed by atoms with Crippen molar-refractivity contribution in [1.29, 1.82) is 0 Å². The Labute approximate surface area is 196 Å². The molecular formula is C22H28N2O6S2. The van der Waals surface area contributed by atoms with Crippen molar-refractivity contribution in [1.82, 2.24) is 9.80 Å². The third-order valence-electron chi connectivity index (χ3n) is 5.48.